The Morgan fingerprint density at radius 3 is 2.29 bits per heavy atom. The zero-order valence-corrected chi connectivity index (χ0v) is 33.7. The van der Waals surface area contributed by atoms with E-state index in [1.807, 2.05) is 0 Å². The summed E-state index contributed by atoms with van der Waals surface area (Å²) in [6.07, 6.45) is 15.8. The molecule has 0 heterocycles. The molecule has 0 aromatic rings. The molecule has 0 aliphatic heterocycles. The summed E-state index contributed by atoms with van der Waals surface area (Å²) in [6, 6.07) is 0. The molecule has 300 valence electrons. The Bertz CT molecular complexity index is 1120. The zero-order valence-electron chi connectivity index (χ0n) is 32.8. The van der Waals surface area contributed by atoms with E-state index >= 15 is 0 Å². The van der Waals surface area contributed by atoms with Crippen molar-refractivity contribution in [3.63, 3.8) is 0 Å². The average Bonchev–Trinajstić information content (AvgIpc) is 3.46. The van der Waals surface area contributed by atoms with Crippen LogP contribution in [0.5, 0.6) is 0 Å². The molecule has 3 saturated carbocycles. The van der Waals surface area contributed by atoms with Gasteiger partial charge in [0.05, 0.1) is 52.9 Å². The lowest BCUT2D eigenvalue weighted by molar-refractivity contribution is -0.192. The number of nitrogens with one attached hydrogen (secondary N) is 1. The number of aliphatic hydroxyl groups is 1. The van der Waals surface area contributed by atoms with Gasteiger partial charge in [-0.15, -0.1) is 4.52 Å². The van der Waals surface area contributed by atoms with Crippen molar-refractivity contribution < 1.29 is 47.6 Å². The van der Waals surface area contributed by atoms with Crippen molar-refractivity contribution in [3.8, 4) is 0 Å². The summed E-state index contributed by atoms with van der Waals surface area (Å²) in [5.41, 5.74) is 2.30. The number of ether oxygens (including phenoxy) is 5. The van der Waals surface area contributed by atoms with Gasteiger partial charge in [0.15, 0.2) is 6.10 Å². The van der Waals surface area contributed by atoms with Crippen LogP contribution >= 0.6 is 8.25 Å². The Morgan fingerprint density at radius 2 is 1.62 bits per heavy atom. The van der Waals surface area contributed by atoms with Crippen LogP contribution in [-0.2, 0) is 32.8 Å². The molecule has 2 N–H and O–H groups in total. The number of hydrogen-bond donors (Lipinski definition) is 2. The van der Waals surface area contributed by atoms with Gasteiger partial charge in [-0.2, -0.15) is 0 Å². The van der Waals surface area contributed by atoms with Gasteiger partial charge in [-0.3, -0.25) is 0 Å². The second-order valence-electron chi connectivity index (χ2n) is 16.9. The van der Waals surface area contributed by atoms with E-state index < -0.39 is 21.0 Å². The van der Waals surface area contributed by atoms with Gasteiger partial charge in [0, 0.05) is 19.6 Å². The minimum absolute atomic E-state index is 0.0359. The quantitative estimate of drug-likeness (QED) is 0.0602. The standard InChI is InChI=1S/C40H70NO10P/c1-29(2)8-6-9-30(3)35-12-13-36-34-11-10-31-26-32(14-16-39(31,4)37(34)15-17-40(35,36)5)50-38(43)41-18-7-19-46-20-21-47-22-23-48-24-25-49-28-33(27-42)51-52(44)45/h10,29-30,32-37,42H,6-9,11-28H2,1-5H3,(H,41,43)/t30?,32-,33?,34?,35+,36?,37?,39-,40+/m0/s1. The van der Waals surface area contributed by atoms with E-state index in [4.69, 9.17) is 28.8 Å². The predicted molar refractivity (Wildman–Crippen MR) is 199 cm³/mol. The maximum Gasteiger partial charge on any atom is 0.488 e. The molecule has 4 rings (SSSR count). The maximum atomic E-state index is 12.7. The van der Waals surface area contributed by atoms with Gasteiger partial charge in [0.1, 0.15) is 6.10 Å². The van der Waals surface area contributed by atoms with Crippen molar-refractivity contribution in [2.24, 2.45) is 46.3 Å². The number of alkyl carbamates (subject to hydrolysis) is 1. The summed E-state index contributed by atoms with van der Waals surface area (Å²) in [5.74, 6) is 4.96. The van der Waals surface area contributed by atoms with Crippen molar-refractivity contribution in [2.75, 3.05) is 66.0 Å². The first-order valence-corrected chi connectivity index (χ1v) is 21.4. The topological polar surface area (TPSA) is 145 Å². The molecule has 0 saturated heterocycles. The summed E-state index contributed by atoms with van der Waals surface area (Å²) < 4.78 is 42.6. The molecule has 1 amide bonds. The smallest absolute Gasteiger partial charge is 0.488 e. The second kappa shape index (κ2) is 21.8. The Balaban J connectivity index is 1.04. The third-order valence-electron chi connectivity index (χ3n) is 13.1. The summed E-state index contributed by atoms with van der Waals surface area (Å²) in [4.78, 5) is 23.2. The Hall–Kier alpha value is -1.17. The van der Waals surface area contributed by atoms with Crippen molar-refractivity contribution in [1.82, 2.24) is 5.32 Å². The van der Waals surface area contributed by atoms with Gasteiger partial charge < -0.3 is 39.0 Å². The van der Waals surface area contributed by atoms with Crippen LogP contribution in [0.3, 0.4) is 0 Å². The van der Waals surface area contributed by atoms with Crippen LogP contribution in [0.2, 0.25) is 0 Å². The molecule has 4 aliphatic rings. The van der Waals surface area contributed by atoms with Gasteiger partial charge in [-0.05, 0) is 102 Å². The molecule has 0 aromatic heterocycles. The highest BCUT2D eigenvalue weighted by atomic mass is 31.1. The first-order valence-electron chi connectivity index (χ1n) is 20.3. The van der Waals surface area contributed by atoms with Gasteiger partial charge in [0.2, 0.25) is 0 Å². The predicted octanol–water partition coefficient (Wildman–Crippen LogP) is 6.97. The number of carbonyl (C=O) groups excluding carboxylic acids is 1. The first-order chi connectivity index (χ1) is 25.0. The molecule has 3 fully saturated rings. The number of aliphatic hydroxyl groups excluding tert-OH is 1. The van der Waals surface area contributed by atoms with Crippen LogP contribution in [0.25, 0.3) is 0 Å². The van der Waals surface area contributed by atoms with Crippen LogP contribution in [-0.4, -0.2) is 89.4 Å². The fourth-order valence-corrected chi connectivity index (χ4v) is 10.8. The van der Waals surface area contributed by atoms with E-state index in [0.29, 0.717) is 58.0 Å². The molecule has 10 atom stereocenters. The molecule has 6 unspecified atom stereocenters. The summed E-state index contributed by atoms with van der Waals surface area (Å²) >= 11 is 0. The fraction of sp³-hybridized carbons (Fsp3) is 0.925. The minimum Gasteiger partial charge on any atom is -0.566 e. The summed E-state index contributed by atoms with van der Waals surface area (Å²) in [5, 5.41) is 11.9. The number of amides is 1. The normalized spacial score (nSPS) is 31.3. The SMILES string of the molecule is CC(C)CCCC(C)[C@H]1CCC2C3CC=C4C[C@@H](OC(=O)NCCCOCCOCCOCCOCC(CO)O[P+](=O)[O-])CC[C@]4(C)C3CC[C@@]21C. The van der Waals surface area contributed by atoms with Crippen LogP contribution in [0.1, 0.15) is 112 Å². The van der Waals surface area contributed by atoms with E-state index in [0.717, 1.165) is 54.8 Å². The fourth-order valence-electron chi connectivity index (χ4n) is 10.4. The number of hydrogen-bond acceptors (Lipinski definition) is 10. The van der Waals surface area contributed by atoms with Crippen LogP contribution < -0.4 is 10.2 Å². The molecule has 0 radical (unpaired) electrons. The van der Waals surface area contributed by atoms with Crippen LogP contribution in [0, 0.1) is 46.3 Å². The van der Waals surface area contributed by atoms with Gasteiger partial charge in [-0.1, -0.05) is 65.5 Å². The third-order valence-corrected chi connectivity index (χ3v) is 13.6. The highest BCUT2D eigenvalue weighted by molar-refractivity contribution is 7.30. The highest BCUT2D eigenvalue weighted by Crippen LogP contribution is 2.67. The molecule has 4 aliphatic carbocycles. The lowest BCUT2D eigenvalue weighted by Crippen LogP contribution is -2.51. The van der Waals surface area contributed by atoms with Gasteiger partial charge in [0.25, 0.3) is 0 Å². The number of rotatable bonds is 24. The molecule has 0 spiro atoms. The largest absolute Gasteiger partial charge is 0.566 e. The first kappa shape index (κ1) is 43.6. The molecule has 0 bridgehead atoms. The lowest BCUT2D eigenvalue weighted by atomic mass is 9.47. The Morgan fingerprint density at radius 1 is 0.923 bits per heavy atom. The van der Waals surface area contributed by atoms with E-state index in [-0.39, 0.29) is 30.8 Å². The second-order valence-corrected chi connectivity index (χ2v) is 17.5. The van der Waals surface area contributed by atoms with Gasteiger partial charge in [-0.25, -0.2) is 4.79 Å². The van der Waals surface area contributed by atoms with E-state index in [2.05, 4.69) is 50.5 Å². The average molecular weight is 756 g/mol. The zero-order chi connectivity index (χ0) is 37.6. The number of carbonyl (C=O) groups is 1. The Labute approximate surface area is 314 Å². The van der Waals surface area contributed by atoms with Crippen molar-refractivity contribution in [1.29, 1.82) is 0 Å². The number of fused-ring (bicyclic) bond motifs is 5. The molecular formula is C40H70NO10P. The van der Waals surface area contributed by atoms with E-state index in [1.54, 1.807) is 5.57 Å². The minimum atomic E-state index is -3.03. The number of allylic oxidation sites excluding steroid dienone is 1. The third kappa shape index (κ3) is 12.4. The monoisotopic (exact) mass is 755 g/mol. The molecule has 12 heteroatoms. The van der Waals surface area contributed by atoms with E-state index in [9.17, 15) is 14.3 Å². The molecular weight excluding hydrogens is 685 g/mol. The van der Waals surface area contributed by atoms with Crippen molar-refractivity contribution in [3.05, 3.63) is 11.6 Å². The van der Waals surface area contributed by atoms with E-state index in [1.165, 1.54) is 51.4 Å². The van der Waals surface area contributed by atoms with Crippen molar-refractivity contribution in [2.45, 2.75) is 124 Å². The summed E-state index contributed by atoms with van der Waals surface area (Å²) in [6.45, 7) is 15.3. The highest BCUT2D eigenvalue weighted by Gasteiger charge is 2.59. The van der Waals surface area contributed by atoms with Crippen LogP contribution in [0.4, 0.5) is 4.79 Å². The van der Waals surface area contributed by atoms with Gasteiger partial charge >= 0.3 is 14.3 Å². The maximum absolute atomic E-state index is 12.7. The lowest BCUT2D eigenvalue weighted by Gasteiger charge is -2.58. The molecule has 52 heavy (non-hydrogen) atoms. The Kier molecular flexibility index (Phi) is 18.3. The van der Waals surface area contributed by atoms with Crippen molar-refractivity contribution >= 4 is 14.3 Å². The van der Waals surface area contributed by atoms with Crippen LogP contribution in [0.15, 0.2) is 11.6 Å². The summed E-state index contributed by atoms with van der Waals surface area (Å²) in [7, 11) is -3.03. The molecule has 11 nitrogen and oxygen atoms in total. The molecule has 0 aromatic carbocycles.